The van der Waals surface area contributed by atoms with Crippen molar-refractivity contribution in [3.63, 3.8) is 0 Å². The largest absolute Gasteiger partial charge is 0.373 e. The number of anilines is 1. The van der Waals surface area contributed by atoms with Gasteiger partial charge in [-0.3, -0.25) is 4.98 Å². The predicted molar refractivity (Wildman–Crippen MR) is 69.6 cm³/mol. The standard InChI is InChI=1S/C13H23N3/c1-10(2)7-8-16(4)12-5-6-13(11(3)14)15-9-12/h5-6,9-11H,7-8,14H2,1-4H3/t11-/m0/s1. The number of pyridine rings is 1. The third-order valence-electron chi connectivity index (χ3n) is 2.72. The summed E-state index contributed by atoms with van der Waals surface area (Å²) in [5, 5.41) is 0. The molecule has 16 heavy (non-hydrogen) atoms. The third kappa shape index (κ3) is 3.81. The van der Waals surface area contributed by atoms with Crippen molar-refractivity contribution >= 4 is 5.69 Å². The Morgan fingerprint density at radius 2 is 2.00 bits per heavy atom. The van der Waals surface area contributed by atoms with Crippen molar-refractivity contribution in [2.75, 3.05) is 18.5 Å². The number of nitrogens with zero attached hydrogens (tertiary/aromatic N) is 2. The van der Waals surface area contributed by atoms with E-state index < -0.39 is 0 Å². The molecule has 0 amide bonds. The van der Waals surface area contributed by atoms with Crippen molar-refractivity contribution in [3.05, 3.63) is 24.0 Å². The van der Waals surface area contributed by atoms with E-state index in [1.54, 1.807) is 0 Å². The lowest BCUT2D eigenvalue weighted by molar-refractivity contribution is 0.585. The molecule has 0 aliphatic carbocycles. The maximum absolute atomic E-state index is 5.76. The van der Waals surface area contributed by atoms with Crippen LogP contribution in [0.2, 0.25) is 0 Å². The number of hydrogen-bond donors (Lipinski definition) is 1. The highest BCUT2D eigenvalue weighted by Gasteiger charge is 2.04. The van der Waals surface area contributed by atoms with Crippen LogP contribution in [0.4, 0.5) is 5.69 Å². The average molecular weight is 221 g/mol. The van der Waals surface area contributed by atoms with Crippen LogP contribution >= 0.6 is 0 Å². The van der Waals surface area contributed by atoms with E-state index in [-0.39, 0.29) is 6.04 Å². The molecule has 0 bridgehead atoms. The van der Waals surface area contributed by atoms with E-state index >= 15 is 0 Å². The van der Waals surface area contributed by atoms with Gasteiger partial charge in [0.25, 0.3) is 0 Å². The molecule has 1 aromatic rings. The molecule has 3 nitrogen and oxygen atoms in total. The minimum atomic E-state index is 0.00928. The van der Waals surface area contributed by atoms with Crippen LogP contribution in [-0.2, 0) is 0 Å². The summed E-state index contributed by atoms with van der Waals surface area (Å²) in [4.78, 5) is 6.59. The van der Waals surface area contributed by atoms with E-state index in [0.29, 0.717) is 0 Å². The highest BCUT2D eigenvalue weighted by molar-refractivity contribution is 5.43. The van der Waals surface area contributed by atoms with Crippen LogP contribution in [0.25, 0.3) is 0 Å². The van der Waals surface area contributed by atoms with Gasteiger partial charge >= 0.3 is 0 Å². The maximum atomic E-state index is 5.76. The molecule has 0 saturated carbocycles. The summed E-state index contributed by atoms with van der Waals surface area (Å²) < 4.78 is 0. The molecule has 1 atom stereocenters. The van der Waals surface area contributed by atoms with Crippen molar-refractivity contribution in [1.29, 1.82) is 0 Å². The van der Waals surface area contributed by atoms with Gasteiger partial charge in [0.15, 0.2) is 0 Å². The van der Waals surface area contributed by atoms with Crippen LogP contribution in [0.5, 0.6) is 0 Å². The van der Waals surface area contributed by atoms with E-state index in [1.165, 1.54) is 6.42 Å². The molecule has 1 heterocycles. The second-order valence-electron chi connectivity index (χ2n) is 4.83. The highest BCUT2D eigenvalue weighted by atomic mass is 15.1. The first-order chi connectivity index (χ1) is 7.50. The lowest BCUT2D eigenvalue weighted by Crippen LogP contribution is -2.20. The van der Waals surface area contributed by atoms with Crippen molar-refractivity contribution < 1.29 is 0 Å². The first kappa shape index (κ1) is 13.0. The van der Waals surface area contributed by atoms with E-state index in [4.69, 9.17) is 5.73 Å². The SMILES string of the molecule is CC(C)CCN(C)c1ccc([C@H](C)N)nc1. The number of hydrogen-bond acceptors (Lipinski definition) is 3. The van der Waals surface area contributed by atoms with Crippen LogP contribution in [0.3, 0.4) is 0 Å². The number of aromatic nitrogens is 1. The van der Waals surface area contributed by atoms with Crippen LogP contribution < -0.4 is 10.6 Å². The molecule has 0 aromatic carbocycles. The molecule has 1 aromatic heterocycles. The quantitative estimate of drug-likeness (QED) is 0.831. The van der Waals surface area contributed by atoms with E-state index in [0.717, 1.165) is 23.8 Å². The van der Waals surface area contributed by atoms with Crippen LogP contribution in [0.1, 0.15) is 38.9 Å². The van der Waals surface area contributed by atoms with Crippen LogP contribution in [0.15, 0.2) is 18.3 Å². The maximum Gasteiger partial charge on any atom is 0.0569 e. The van der Waals surface area contributed by atoms with Gasteiger partial charge in [0, 0.05) is 19.6 Å². The van der Waals surface area contributed by atoms with Gasteiger partial charge < -0.3 is 10.6 Å². The third-order valence-corrected chi connectivity index (χ3v) is 2.72. The Labute approximate surface area is 98.7 Å². The molecule has 0 aliphatic rings. The van der Waals surface area contributed by atoms with E-state index in [9.17, 15) is 0 Å². The zero-order valence-electron chi connectivity index (χ0n) is 10.8. The Hall–Kier alpha value is -1.09. The zero-order chi connectivity index (χ0) is 12.1. The summed E-state index contributed by atoms with van der Waals surface area (Å²) in [6.07, 6.45) is 3.10. The monoisotopic (exact) mass is 221 g/mol. The Balaban J connectivity index is 2.59. The van der Waals surface area contributed by atoms with Crippen molar-refractivity contribution in [3.8, 4) is 0 Å². The lowest BCUT2D eigenvalue weighted by atomic mass is 10.1. The van der Waals surface area contributed by atoms with Crippen molar-refractivity contribution in [1.82, 2.24) is 4.98 Å². The van der Waals surface area contributed by atoms with Crippen molar-refractivity contribution in [2.24, 2.45) is 11.7 Å². The molecule has 90 valence electrons. The van der Waals surface area contributed by atoms with Gasteiger partial charge in [-0.25, -0.2) is 0 Å². The molecule has 3 heteroatoms. The zero-order valence-corrected chi connectivity index (χ0v) is 10.8. The fraction of sp³-hybridized carbons (Fsp3) is 0.615. The molecule has 0 unspecified atom stereocenters. The molecule has 0 aliphatic heterocycles. The minimum absolute atomic E-state index is 0.00928. The molecule has 1 rings (SSSR count). The van der Waals surface area contributed by atoms with Gasteiger partial charge in [-0.1, -0.05) is 13.8 Å². The summed E-state index contributed by atoms with van der Waals surface area (Å²) in [6, 6.07) is 4.10. The summed E-state index contributed by atoms with van der Waals surface area (Å²) in [6.45, 7) is 7.50. The molecular formula is C13H23N3. The summed E-state index contributed by atoms with van der Waals surface area (Å²) in [7, 11) is 2.10. The van der Waals surface area contributed by atoms with Gasteiger partial charge in [-0.15, -0.1) is 0 Å². The van der Waals surface area contributed by atoms with Gasteiger partial charge in [-0.2, -0.15) is 0 Å². The first-order valence-corrected chi connectivity index (χ1v) is 5.93. The minimum Gasteiger partial charge on any atom is -0.373 e. The Morgan fingerprint density at radius 1 is 1.31 bits per heavy atom. The van der Waals surface area contributed by atoms with Crippen LogP contribution in [-0.4, -0.2) is 18.6 Å². The molecule has 0 fully saturated rings. The Morgan fingerprint density at radius 3 is 2.44 bits per heavy atom. The molecule has 2 N–H and O–H groups in total. The lowest BCUT2D eigenvalue weighted by Gasteiger charge is -2.20. The average Bonchev–Trinajstić information content (AvgIpc) is 2.26. The number of rotatable bonds is 5. The van der Waals surface area contributed by atoms with Crippen LogP contribution in [0, 0.1) is 5.92 Å². The topological polar surface area (TPSA) is 42.1 Å². The summed E-state index contributed by atoms with van der Waals surface area (Å²) >= 11 is 0. The summed E-state index contributed by atoms with van der Waals surface area (Å²) in [5.41, 5.74) is 7.87. The predicted octanol–water partition coefficient (Wildman–Crippen LogP) is 2.58. The highest BCUT2D eigenvalue weighted by Crippen LogP contribution is 2.15. The van der Waals surface area contributed by atoms with E-state index in [1.807, 2.05) is 19.2 Å². The van der Waals surface area contributed by atoms with Gasteiger partial charge in [0.05, 0.1) is 17.6 Å². The first-order valence-electron chi connectivity index (χ1n) is 5.93. The second-order valence-corrected chi connectivity index (χ2v) is 4.83. The molecule has 0 saturated heterocycles. The Kier molecular flexibility index (Phi) is 4.74. The molecular weight excluding hydrogens is 198 g/mol. The van der Waals surface area contributed by atoms with Gasteiger partial charge in [0.2, 0.25) is 0 Å². The van der Waals surface area contributed by atoms with Gasteiger partial charge in [0.1, 0.15) is 0 Å². The fourth-order valence-corrected chi connectivity index (χ4v) is 1.47. The van der Waals surface area contributed by atoms with Crippen molar-refractivity contribution in [2.45, 2.75) is 33.2 Å². The smallest absolute Gasteiger partial charge is 0.0569 e. The fourth-order valence-electron chi connectivity index (χ4n) is 1.47. The molecule has 0 radical (unpaired) electrons. The second kappa shape index (κ2) is 5.85. The van der Waals surface area contributed by atoms with Gasteiger partial charge in [-0.05, 0) is 31.4 Å². The molecule has 0 spiro atoms. The van der Waals surface area contributed by atoms with E-state index in [2.05, 4.69) is 36.8 Å². The summed E-state index contributed by atoms with van der Waals surface area (Å²) in [5.74, 6) is 0.735. The Bertz CT molecular complexity index is 303. The normalized spacial score (nSPS) is 12.9. The number of nitrogens with two attached hydrogens (primary N) is 1.